The first-order valence-electron chi connectivity index (χ1n) is 11.9. The number of nitrogens with zero attached hydrogens (tertiary/aromatic N) is 4. The van der Waals surface area contributed by atoms with Crippen LogP contribution >= 0.6 is 11.6 Å². The van der Waals surface area contributed by atoms with Gasteiger partial charge in [-0.3, -0.25) is 9.69 Å². The van der Waals surface area contributed by atoms with Crippen molar-refractivity contribution in [3.63, 3.8) is 0 Å². The second-order valence-corrected chi connectivity index (χ2v) is 9.75. The lowest BCUT2D eigenvalue weighted by Gasteiger charge is -2.27. The number of hydrogen-bond acceptors (Lipinski definition) is 5. The third kappa shape index (κ3) is 4.17. The first-order valence-corrected chi connectivity index (χ1v) is 12.2. The molecule has 9 nitrogen and oxygen atoms in total. The average Bonchev–Trinajstić information content (AvgIpc) is 3.64. The normalized spacial score (nSPS) is 19.6. The lowest BCUT2D eigenvalue weighted by Crippen LogP contribution is -2.48. The van der Waals surface area contributed by atoms with Crippen LogP contribution in [0.15, 0.2) is 60.9 Å². The molecule has 0 spiro atoms. The van der Waals surface area contributed by atoms with Gasteiger partial charge in [-0.15, -0.1) is 0 Å². The summed E-state index contributed by atoms with van der Waals surface area (Å²) in [5, 5.41) is 23.9. The predicted octanol–water partition coefficient (Wildman–Crippen LogP) is 4.83. The van der Waals surface area contributed by atoms with Crippen molar-refractivity contribution >= 4 is 34.9 Å². The van der Waals surface area contributed by atoms with E-state index in [0.717, 1.165) is 29.1 Å². The van der Waals surface area contributed by atoms with Crippen molar-refractivity contribution in [2.75, 3.05) is 16.8 Å². The number of β-amino-alcohol motifs (C(OH)–C–C–N with tert-alkyl or cyclic N) is 1. The zero-order chi connectivity index (χ0) is 29.3. The van der Waals surface area contributed by atoms with Gasteiger partial charge in [0.15, 0.2) is 0 Å². The van der Waals surface area contributed by atoms with Gasteiger partial charge in [-0.25, -0.2) is 13.6 Å². The van der Waals surface area contributed by atoms with Gasteiger partial charge in [0.25, 0.3) is 5.91 Å². The van der Waals surface area contributed by atoms with Gasteiger partial charge in [0, 0.05) is 27.4 Å². The van der Waals surface area contributed by atoms with E-state index in [1.54, 1.807) is 0 Å². The number of aromatic nitrogens is 3. The molecule has 41 heavy (non-hydrogen) atoms. The van der Waals surface area contributed by atoms with Crippen LogP contribution in [0.2, 0.25) is 5.02 Å². The molecule has 4 aromatic rings. The molecular weight excluding hydrogens is 575 g/mol. The summed E-state index contributed by atoms with van der Waals surface area (Å²) < 4.78 is 69.8. The van der Waals surface area contributed by atoms with Crippen molar-refractivity contribution in [1.82, 2.24) is 20.3 Å². The molecule has 0 radical (unpaired) electrons. The number of rotatable bonds is 3. The van der Waals surface area contributed by atoms with Crippen LogP contribution in [0, 0.1) is 11.6 Å². The first kappa shape index (κ1) is 26.7. The van der Waals surface area contributed by atoms with Crippen LogP contribution in [0.1, 0.15) is 33.1 Å². The van der Waals surface area contributed by atoms with Crippen LogP contribution in [0.25, 0.3) is 5.69 Å². The van der Waals surface area contributed by atoms with E-state index in [0.29, 0.717) is 11.0 Å². The van der Waals surface area contributed by atoms with Gasteiger partial charge in [-0.2, -0.15) is 28.2 Å². The Morgan fingerprint density at radius 1 is 1.05 bits per heavy atom. The smallest absolute Gasteiger partial charge is 0.375 e. The fraction of sp³-hybridized carbons (Fsp3) is 0.154. The number of fused-ring (bicyclic) bond motifs is 2. The van der Waals surface area contributed by atoms with Gasteiger partial charge in [0.1, 0.15) is 11.6 Å². The minimum absolute atomic E-state index is 0.0000163. The fourth-order valence-corrected chi connectivity index (χ4v) is 5.31. The summed E-state index contributed by atoms with van der Waals surface area (Å²) in [7, 11) is 0. The van der Waals surface area contributed by atoms with Crippen molar-refractivity contribution in [1.29, 1.82) is 0 Å². The Hall–Kier alpha value is -4.56. The molecule has 3 heterocycles. The number of carbonyl (C=O) groups excluding carboxylic acids is 2. The Morgan fingerprint density at radius 2 is 1.71 bits per heavy atom. The van der Waals surface area contributed by atoms with E-state index < -0.39 is 53.5 Å². The molecule has 0 bridgehead atoms. The van der Waals surface area contributed by atoms with Crippen LogP contribution in [0.3, 0.4) is 0 Å². The summed E-state index contributed by atoms with van der Waals surface area (Å²) in [6.07, 6.45) is -2.50. The van der Waals surface area contributed by atoms with Crippen LogP contribution in [-0.2, 0) is 5.60 Å². The zero-order valence-electron chi connectivity index (χ0n) is 20.4. The van der Waals surface area contributed by atoms with Crippen LogP contribution in [0.4, 0.5) is 38.1 Å². The highest BCUT2D eigenvalue weighted by molar-refractivity contribution is 6.31. The lowest BCUT2D eigenvalue weighted by molar-refractivity contribution is -0.258. The Balaban J connectivity index is 1.46. The van der Waals surface area contributed by atoms with E-state index in [1.807, 2.05) is 0 Å². The molecule has 3 amide bonds. The van der Waals surface area contributed by atoms with E-state index in [-0.39, 0.29) is 38.8 Å². The summed E-state index contributed by atoms with van der Waals surface area (Å²) in [5.41, 5.74) is -4.29. The Morgan fingerprint density at radius 3 is 2.41 bits per heavy atom. The highest BCUT2D eigenvalue weighted by Gasteiger charge is 2.61. The molecule has 3 aromatic carbocycles. The molecule has 15 heteroatoms. The number of carbonyl (C=O) groups is 2. The van der Waals surface area contributed by atoms with E-state index in [2.05, 4.69) is 20.8 Å². The molecule has 0 unspecified atom stereocenters. The number of nitrogens with one attached hydrogen (secondary N) is 2. The van der Waals surface area contributed by atoms with Crippen molar-refractivity contribution in [3.05, 3.63) is 99.8 Å². The predicted molar refractivity (Wildman–Crippen MR) is 135 cm³/mol. The molecule has 0 saturated carbocycles. The second kappa shape index (κ2) is 9.24. The van der Waals surface area contributed by atoms with Gasteiger partial charge in [-0.05, 0) is 48.5 Å². The van der Waals surface area contributed by atoms with Gasteiger partial charge in [-0.1, -0.05) is 11.6 Å². The SMILES string of the molecule is O=C1N[C@H](c2cc(F)ccc2Cl)c2c(NC(=O)N3C[C@](O)(C(F)(F)F)c4cc(F)ccc43)ccc(-n3nccn3)c21. The largest absolute Gasteiger partial charge is 0.423 e. The van der Waals surface area contributed by atoms with E-state index in [1.165, 1.54) is 30.6 Å². The quantitative estimate of drug-likeness (QED) is 0.296. The monoisotopic (exact) mass is 590 g/mol. The van der Waals surface area contributed by atoms with Gasteiger partial charge >= 0.3 is 12.2 Å². The molecule has 2 aliphatic heterocycles. The highest BCUT2D eigenvalue weighted by atomic mass is 35.5. The topological polar surface area (TPSA) is 112 Å². The van der Waals surface area contributed by atoms with Crippen LogP contribution in [-0.4, -0.2) is 44.8 Å². The maximum atomic E-state index is 14.2. The lowest BCUT2D eigenvalue weighted by atomic mass is 9.95. The summed E-state index contributed by atoms with van der Waals surface area (Å²) in [6, 6.07) is 6.40. The number of urea groups is 1. The molecule has 210 valence electrons. The summed E-state index contributed by atoms with van der Waals surface area (Å²) in [4.78, 5) is 28.4. The molecule has 0 aliphatic carbocycles. The number of alkyl halides is 3. The van der Waals surface area contributed by atoms with Crippen molar-refractivity contribution < 1.29 is 36.6 Å². The van der Waals surface area contributed by atoms with Crippen molar-refractivity contribution in [2.45, 2.75) is 17.8 Å². The molecule has 0 fully saturated rings. The van der Waals surface area contributed by atoms with Crippen molar-refractivity contribution in [3.8, 4) is 5.69 Å². The number of amides is 3. The number of hydrogen-bond donors (Lipinski definition) is 3. The first-order chi connectivity index (χ1) is 19.4. The Kier molecular flexibility index (Phi) is 6.01. The van der Waals surface area contributed by atoms with Crippen LogP contribution in [0.5, 0.6) is 0 Å². The summed E-state index contributed by atoms with van der Waals surface area (Å²) in [6.45, 7) is -1.26. The van der Waals surface area contributed by atoms with Gasteiger partial charge < -0.3 is 15.7 Å². The summed E-state index contributed by atoms with van der Waals surface area (Å²) >= 11 is 6.33. The molecule has 0 saturated heterocycles. The summed E-state index contributed by atoms with van der Waals surface area (Å²) in [5.74, 6) is -2.33. The van der Waals surface area contributed by atoms with Gasteiger partial charge in [0.05, 0.1) is 41.9 Å². The van der Waals surface area contributed by atoms with Gasteiger partial charge in [0.2, 0.25) is 5.60 Å². The maximum Gasteiger partial charge on any atom is 0.423 e. The molecule has 1 aromatic heterocycles. The second-order valence-electron chi connectivity index (χ2n) is 9.35. The van der Waals surface area contributed by atoms with Crippen LogP contribution < -0.4 is 15.5 Å². The number of halogens is 6. The maximum absolute atomic E-state index is 14.2. The number of anilines is 2. The third-order valence-electron chi connectivity index (χ3n) is 6.96. The fourth-order valence-electron chi connectivity index (χ4n) is 5.09. The van der Waals surface area contributed by atoms with E-state index >= 15 is 0 Å². The Labute approximate surface area is 232 Å². The minimum Gasteiger partial charge on any atom is -0.375 e. The minimum atomic E-state index is -5.24. The number of aliphatic hydroxyl groups is 1. The van der Waals surface area contributed by atoms with Crippen molar-refractivity contribution in [2.24, 2.45) is 0 Å². The van der Waals surface area contributed by atoms with E-state index in [4.69, 9.17) is 11.6 Å². The molecular formula is C26H16ClF5N6O3. The molecule has 3 N–H and O–H groups in total. The molecule has 2 aliphatic rings. The average molecular weight is 591 g/mol. The molecule has 6 rings (SSSR count). The standard InChI is InChI=1S/C26H16ClF5N6O3/c27-16-3-1-12(28)9-14(16)22-20-17(4-6-19(21(20)23(39)36-22)38-33-7-8-34-38)35-24(40)37-11-25(41,26(30,31)32)15-10-13(29)2-5-18(15)37/h1-10,22,41H,11H2,(H,35,40)(H,36,39)/t22-,25-/m1/s1. The molecule has 2 atom stereocenters. The van der Waals surface area contributed by atoms with E-state index in [9.17, 15) is 36.6 Å². The highest BCUT2D eigenvalue weighted by Crippen LogP contribution is 2.49. The zero-order valence-corrected chi connectivity index (χ0v) is 21.1. The Bertz CT molecular complexity index is 1730. The third-order valence-corrected chi connectivity index (χ3v) is 7.30. The number of benzene rings is 3.